The fourth-order valence-corrected chi connectivity index (χ4v) is 1.58. The average Bonchev–Trinajstić information content (AvgIpc) is 2.38. The van der Waals surface area contributed by atoms with Crippen LogP contribution in [0.15, 0.2) is 24.3 Å². The molecule has 6 heteroatoms. The largest absolute Gasteiger partial charge is 0.353 e. The Hall–Kier alpha value is -1.95. The van der Waals surface area contributed by atoms with Crippen molar-refractivity contribution in [2.45, 2.75) is 32.9 Å². The maximum atomic E-state index is 11.5. The van der Waals surface area contributed by atoms with E-state index in [1.807, 2.05) is 13.8 Å². The zero-order valence-electron chi connectivity index (χ0n) is 11.2. The van der Waals surface area contributed by atoms with E-state index in [1.54, 1.807) is 18.2 Å². The number of amides is 1. The fourth-order valence-electron chi connectivity index (χ4n) is 1.58. The van der Waals surface area contributed by atoms with E-state index in [0.29, 0.717) is 12.1 Å². The second kappa shape index (κ2) is 7.48. The Morgan fingerprint density at radius 2 is 2.11 bits per heavy atom. The predicted molar refractivity (Wildman–Crippen MR) is 72.7 cm³/mol. The molecule has 0 aromatic heterocycles. The molecule has 0 fully saturated rings. The lowest BCUT2D eigenvalue weighted by molar-refractivity contribution is -0.385. The van der Waals surface area contributed by atoms with Gasteiger partial charge in [-0.1, -0.05) is 25.1 Å². The molecule has 19 heavy (non-hydrogen) atoms. The molecule has 0 heterocycles. The number of nitrogens with one attached hydrogen (secondary N) is 2. The van der Waals surface area contributed by atoms with Crippen LogP contribution in [0, 0.1) is 10.1 Å². The smallest absolute Gasteiger partial charge is 0.273 e. The summed E-state index contributed by atoms with van der Waals surface area (Å²) < 4.78 is 0. The summed E-state index contributed by atoms with van der Waals surface area (Å²) in [7, 11) is 0. The van der Waals surface area contributed by atoms with Crippen molar-refractivity contribution >= 4 is 11.6 Å². The first-order valence-electron chi connectivity index (χ1n) is 6.27. The molecule has 0 aliphatic rings. The van der Waals surface area contributed by atoms with Crippen LogP contribution in [0.2, 0.25) is 0 Å². The van der Waals surface area contributed by atoms with Gasteiger partial charge in [0.1, 0.15) is 0 Å². The van der Waals surface area contributed by atoms with Crippen molar-refractivity contribution in [1.29, 1.82) is 0 Å². The van der Waals surface area contributed by atoms with Gasteiger partial charge >= 0.3 is 0 Å². The van der Waals surface area contributed by atoms with Gasteiger partial charge in [-0.15, -0.1) is 0 Å². The minimum absolute atomic E-state index is 0.0670. The summed E-state index contributed by atoms with van der Waals surface area (Å²) >= 11 is 0. The summed E-state index contributed by atoms with van der Waals surface area (Å²) in [6, 6.07) is 6.63. The van der Waals surface area contributed by atoms with Gasteiger partial charge < -0.3 is 10.6 Å². The van der Waals surface area contributed by atoms with Gasteiger partial charge in [-0.25, -0.2) is 0 Å². The normalized spacial score (nSPS) is 11.9. The van der Waals surface area contributed by atoms with E-state index in [1.165, 1.54) is 6.07 Å². The molecule has 1 atom stereocenters. The minimum Gasteiger partial charge on any atom is -0.353 e. The summed E-state index contributed by atoms with van der Waals surface area (Å²) in [6.45, 7) is 4.37. The van der Waals surface area contributed by atoms with Crippen LogP contribution in [0.4, 0.5) is 5.69 Å². The maximum Gasteiger partial charge on any atom is 0.273 e. The van der Waals surface area contributed by atoms with E-state index in [2.05, 4.69) is 10.6 Å². The quantitative estimate of drug-likeness (QED) is 0.579. The summed E-state index contributed by atoms with van der Waals surface area (Å²) in [5.41, 5.74) is 0.640. The molecule has 1 rings (SSSR count). The Kier molecular flexibility index (Phi) is 5.95. The summed E-state index contributed by atoms with van der Waals surface area (Å²) in [4.78, 5) is 21.9. The van der Waals surface area contributed by atoms with Crippen molar-refractivity contribution in [2.75, 3.05) is 6.54 Å². The summed E-state index contributed by atoms with van der Waals surface area (Å²) in [5.74, 6) is -0.104. The van der Waals surface area contributed by atoms with Crippen LogP contribution < -0.4 is 10.6 Å². The van der Waals surface area contributed by atoms with Gasteiger partial charge in [0, 0.05) is 24.2 Å². The van der Waals surface area contributed by atoms with Crippen LogP contribution >= 0.6 is 0 Å². The monoisotopic (exact) mass is 265 g/mol. The molecular formula is C13H19N3O3. The molecule has 0 saturated carbocycles. The Bertz CT molecular complexity index is 449. The van der Waals surface area contributed by atoms with E-state index in [9.17, 15) is 14.9 Å². The van der Waals surface area contributed by atoms with E-state index in [-0.39, 0.29) is 24.2 Å². The van der Waals surface area contributed by atoms with E-state index < -0.39 is 4.92 Å². The van der Waals surface area contributed by atoms with Gasteiger partial charge in [-0.05, 0) is 13.3 Å². The van der Waals surface area contributed by atoms with E-state index in [0.717, 1.165) is 6.42 Å². The Morgan fingerprint density at radius 3 is 2.74 bits per heavy atom. The molecule has 1 unspecified atom stereocenters. The fraction of sp³-hybridized carbons (Fsp3) is 0.462. The topological polar surface area (TPSA) is 84.3 Å². The first kappa shape index (κ1) is 15.1. The maximum absolute atomic E-state index is 11.5. The number of hydrogen-bond donors (Lipinski definition) is 2. The highest BCUT2D eigenvalue weighted by Crippen LogP contribution is 2.16. The second-order valence-electron chi connectivity index (χ2n) is 4.37. The van der Waals surface area contributed by atoms with Gasteiger partial charge in [-0.2, -0.15) is 0 Å². The van der Waals surface area contributed by atoms with Crippen molar-refractivity contribution in [1.82, 2.24) is 10.6 Å². The molecule has 104 valence electrons. The highest BCUT2D eigenvalue weighted by Gasteiger charge is 2.12. The number of hydrogen-bond acceptors (Lipinski definition) is 4. The Balaban J connectivity index is 2.45. The van der Waals surface area contributed by atoms with Gasteiger partial charge in [-0.3, -0.25) is 14.9 Å². The molecule has 1 aromatic carbocycles. The number of rotatable bonds is 7. The van der Waals surface area contributed by atoms with Gasteiger partial charge in [0.25, 0.3) is 5.69 Å². The van der Waals surface area contributed by atoms with Gasteiger partial charge in [0.05, 0.1) is 11.5 Å². The zero-order chi connectivity index (χ0) is 14.3. The SMILES string of the molecule is CCC(C)NC(=O)CNCc1ccccc1[N+](=O)[O-]. The highest BCUT2D eigenvalue weighted by atomic mass is 16.6. The molecule has 0 aliphatic carbocycles. The third-order valence-corrected chi connectivity index (χ3v) is 2.81. The van der Waals surface area contributed by atoms with Gasteiger partial charge in [0.15, 0.2) is 0 Å². The van der Waals surface area contributed by atoms with Crippen LogP contribution in [0.25, 0.3) is 0 Å². The average molecular weight is 265 g/mol. The molecule has 0 spiro atoms. The van der Waals surface area contributed by atoms with Crippen LogP contribution in [0.3, 0.4) is 0 Å². The van der Waals surface area contributed by atoms with Crippen LogP contribution in [-0.4, -0.2) is 23.4 Å². The molecule has 2 N–H and O–H groups in total. The van der Waals surface area contributed by atoms with Crippen molar-refractivity contribution in [3.05, 3.63) is 39.9 Å². The predicted octanol–water partition coefficient (Wildman–Crippen LogP) is 1.60. The standard InChI is InChI=1S/C13H19N3O3/c1-3-10(2)15-13(17)9-14-8-11-6-4-5-7-12(11)16(18)19/h4-7,10,14H,3,8-9H2,1-2H3,(H,15,17). The van der Waals surface area contributed by atoms with Crippen molar-refractivity contribution in [3.63, 3.8) is 0 Å². The molecule has 0 saturated heterocycles. The lowest BCUT2D eigenvalue weighted by Crippen LogP contribution is -2.38. The van der Waals surface area contributed by atoms with Crippen molar-refractivity contribution in [2.24, 2.45) is 0 Å². The Labute approximate surface area is 112 Å². The zero-order valence-corrected chi connectivity index (χ0v) is 11.2. The number of nitro groups is 1. The first-order chi connectivity index (χ1) is 9.04. The molecule has 1 amide bonds. The molecule has 0 aliphatic heterocycles. The third kappa shape index (κ3) is 5.05. The number of nitrogens with zero attached hydrogens (tertiary/aromatic N) is 1. The van der Waals surface area contributed by atoms with Gasteiger partial charge in [0.2, 0.25) is 5.91 Å². The number of nitro benzene ring substituents is 1. The van der Waals surface area contributed by atoms with E-state index in [4.69, 9.17) is 0 Å². The lowest BCUT2D eigenvalue weighted by Gasteiger charge is -2.11. The lowest BCUT2D eigenvalue weighted by atomic mass is 10.2. The number of benzene rings is 1. The number of carbonyl (C=O) groups excluding carboxylic acids is 1. The minimum atomic E-state index is -0.420. The first-order valence-corrected chi connectivity index (χ1v) is 6.27. The van der Waals surface area contributed by atoms with Crippen molar-refractivity contribution < 1.29 is 9.72 Å². The molecule has 1 aromatic rings. The molecule has 0 radical (unpaired) electrons. The van der Waals surface area contributed by atoms with Crippen LogP contribution in [-0.2, 0) is 11.3 Å². The molecule has 6 nitrogen and oxygen atoms in total. The third-order valence-electron chi connectivity index (χ3n) is 2.81. The number of para-hydroxylation sites is 1. The molecular weight excluding hydrogens is 246 g/mol. The van der Waals surface area contributed by atoms with Crippen molar-refractivity contribution in [3.8, 4) is 0 Å². The second-order valence-corrected chi connectivity index (χ2v) is 4.37. The van der Waals surface area contributed by atoms with Crippen LogP contribution in [0.5, 0.6) is 0 Å². The number of carbonyl (C=O) groups is 1. The Morgan fingerprint density at radius 1 is 1.42 bits per heavy atom. The highest BCUT2D eigenvalue weighted by molar-refractivity contribution is 5.78. The summed E-state index contributed by atoms with van der Waals surface area (Å²) in [5, 5.41) is 16.5. The van der Waals surface area contributed by atoms with Crippen LogP contribution in [0.1, 0.15) is 25.8 Å². The molecule has 0 bridgehead atoms. The summed E-state index contributed by atoms with van der Waals surface area (Å²) in [6.07, 6.45) is 0.871. The van der Waals surface area contributed by atoms with E-state index >= 15 is 0 Å².